The monoisotopic (exact) mass is 540 g/mol. The van der Waals surface area contributed by atoms with Crippen LogP contribution in [0, 0.1) is 5.82 Å². The van der Waals surface area contributed by atoms with Crippen LogP contribution in [0.3, 0.4) is 0 Å². The fourth-order valence-corrected chi connectivity index (χ4v) is 6.37. The van der Waals surface area contributed by atoms with Gasteiger partial charge < -0.3 is 20.7 Å². The summed E-state index contributed by atoms with van der Waals surface area (Å²) >= 11 is 12.4. The highest BCUT2D eigenvalue weighted by atomic mass is 35.5. The molecule has 1 spiro atoms. The third-order valence-corrected chi connectivity index (χ3v) is 8.65. The summed E-state index contributed by atoms with van der Waals surface area (Å²) in [5, 5.41) is 3.34. The summed E-state index contributed by atoms with van der Waals surface area (Å²) < 4.78 is 20.1. The van der Waals surface area contributed by atoms with Gasteiger partial charge in [-0.25, -0.2) is 9.37 Å². The van der Waals surface area contributed by atoms with Gasteiger partial charge in [0.2, 0.25) is 5.91 Å². The van der Waals surface area contributed by atoms with E-state index in [1.54, 1.807) is 19.2 Å². The van der Waals surface area contributed by atoms with Crippen LogP contribution in [0.1, 0.15) is 49.8 Å². The van der Waals surface area contributed by atoms with Gasteiger partial charge in [-0.15, -0.1) is 0 Å². The number of nitrogens with one attached hydrogen (secondary N) is 1. The molecule has 6 nitrogen and oxygen atoms in total. The van der Waals surface area contributed by atoms with E-state index in [0.29, 0.717) is 22.4 Å². The number of carbonyl (C=O) groups excluding carboxylic acids is 1. The number of nitrogens with zero attached hydrogens (tertiary/aromatic N) is 2. The van der Waals surface area contributed by atoms with Crippen molar-refractivity contribution in [2.75, 3.05) is 24.1 Å². The lowest BCUT2D eigenvalue weighted by molar-refractivity contribution is -0.122. The first kappa shape index (κ1) is 24.5. The van der Waals surface area contributed by atoms with Crippen LogP contribution in [0.5, 0.6) is 5.75 Å². The highest BCUT2D eigenvalue weighted by molar-refractivity contribution is 6.36. The maximum Gasteiger partial charge on any atom is 0.235 e. The third kappa shape index (κ3) is 4.23. The van der Waals surface area contributed by atoms with Crippen LogP contribution >= 0.6 is 23.2 Å². The van der Waals surface area contributed by atoms with Crippen LogP contribution < -0.4 is 15.8 Å². The number of carbonyl (C=O) groups is 1. The second kappa shape index (κ2) is 9.15. The quantitative estimate of drug-likeness (QED) is 0.367. The van der Waals surface area contributed by atoms with Crippen molar-refractivity contribution in [2.45, 2.75) is 50.2 Å². The van der Waals surface area contributed by atoms with Crippen LogP contribution in [0.15, 0.2) is 42.6 Å². The summed E-state index contributed by atoms with van der Waals surface area (Å²) in [6.07, 6.45) is 5.23. The smallest absolute Gasteiger partial charge is 0.235 e. The molecule has 2 fully saturated rings. The molecule has 1 atom stereocenters. The minimum Gasteiger partial charge on any atom is -0.482 e. The normalized spacial score (nSPS) is 19.5. The highest BCUT2D eigenvalue weighted by Gasteiger charge is 2.49. The Morgan fingerprint density at radius 3 is 2.65 bits per heavy atom. The van der Waals surface area contributed by atoms with E-state index in [-0.39, 0.29) is 16.7 Å². The molecule has 1 aliphatic carbocycles. The zero-order valence-electron chi connectivity index (χ0n) is 20.4. The lowest BCUT2D eigenvalue weighted by Gasteiger charge is -2.38. The van der Waals surface area contributed by atoms with Crippen molar-refractivity contribution in [3.63, 3.8) is 0 Å². The fourth-order valence-electron chi connectivity index (χ4n) is 5.69. The fraction of sp³-hybridized carbons (Fsp3) is 0.357. The predicted octanol–water partition coefficient (Wildman–Crippen LogP) is 6.36. The number of hydrogen-bond acceptors (Lipinski definition) is 5. The Morgan fingerprint density at radius 2 is 1.92 bits per heavy atom. The molecule has 192 valence electrons. The summed E-state index contributed by atoms with van der Waals surface area (Å²) in [7, 11) is 0. The first-order valence-electron chi connectivity index (χ1n) is 12.5. The van der Waals surface area contributed by atoms with Gasteiger partial charge in [-0.05, 0) is 81.1 Å². The molecule has 3 N–H and O–H groups in total. The van der Waals surface area contributed by atoms with E-state index in [1.807, 2.05) is 12.1 Å². The summed E-state index contributed by atoms with van der Waals surface area (Å²) in [4.78, 5) is 20.0. The first-order valence-corrected chi connectivity index (χ1v) is 13.3. The minimum atomic E-state index is -0.671. The number of pyridine rings is 1. The molecule has 3 heterocycles. The van der Waals surface area contributed by atoms with Crippen molar-refractivity contribution >= 4 is 40.6 Å². The number of piperidine rings is 1. The summed E-state index contributed by atoms with van der Waals surface area (Å²) in [6.45, 7) is 3.64. The molecular formula is C28H27Cl2FN4O2. The summed E-state index contributed by atoms with van der Waals surface area (Å²) in [6, 6.07) is 11.2. The Hall–Kier alpha value is -2.87. The van der Waals surface area contributed by atoms with E-state index < -0.39 is 17.3 Å². The lowest BCUT2D eigenvalue weighted by Crippen LogP contribution is -2.47. The van der Waals surface area contributed by atoms with Gasteiger partial charge in [0, 0.05) is 34.1 Å². The molecule has 0 unspecified atom stereocenters. The molecule has 9 heteroatoms. The van der Waals surface area contributed by atoms with Crippen molar-refractivity contribution in [2.24, 2.45) is 0 Å². The number of nitrogen functional groups attached to an aromatic ring is 1. The summed E-state index contributed by atoms with van der Waals surface area (Å²) in [5.41, 5.74) is 9.55. The third-order valence-electron chi connectivity index (χ3n) is 7.94. The van der Waals surface area contributed by atoms with Gasteiger partial charge in [-0.3, -0.25) is 4.79 Å². The number of rotatable bonds is 5. The number of halogens is 3. The van der Waals surface area contributed by atoms with E-state index in [2.05, 4.69) is 21.3 Å². The second-order valence-corrected chi connectivity index (χ2v) is 11.0. The minimum absolute atomic E-state index is 0.0889. The van der Waals surface area contributed by atoms with Crippen molar-refractivity contribution in [3.05, 3.63) is 69.6 Å². The van der Waals surface area contributed by atoms with E-state index in [4.69, 9.17) is 33.7 Å². The van der Waals surface area contributed by atoms with E-state index in [1.165, 1.54) is 25.0 Å². The number of ether oxygens (including phenoxy) is 1. The van der Waals surface area contributed by atoms with Gasteiger partial charge in [0.05, 0.1) is 10.4 Å². The van der Waals surface area contributed by atoms with Crippen LogP contribution in [0.25, 0.3) is 11.1 Å². The van der Waals surface area contributed by atoms with Gasteiger partial charge >= 0.3 is 0 Å². The van der Waals surface area contributed by atoms with Gasteiger partial charge in [-0.2, -0.15) is 0 Å². The number of likely N-dealkylation sites (tertiary alicyclic amines) is 1. The van der Waals surface area contributed by atoms with Gasteiger partial charge in [0.1, 0.15) is 11.9 Å². The Labute approximate surface area is 224 Å². The van der Waals surface area contributed by atoms with E-state index in [9.17, 15) is 9.18 Å². The van der Waals surface area contributed by atoms with E-state index in [0.717, 1.165) is 48.3 Å². The zero-order valence-corrected chi connectivity index (χ0v) is 21.9. The van der Waals surface area contributed by atoms with Crippen LogP contribution in [-0.2, 0) is 10.2 Å². The Bertz CT molecular complexity index is 1400. The van der Waals surface area contributed by atoms with Crippen LogP contribution in [0.2, 0.25) is 10.0 Å². The number of benzene rings is 2. The topological polar surface area (TPSA) is 80.5 Å². The molecule has 3 aliphatic rings. The molecule has 37 heavy (non-hydrogen) atoms. The summed E-state index contributed by atoms with van der Waals surface area (Å²) in [5.74, 6) is 0.0321. The molecule has 0 radical (unpaired) electrons. The molecule has 1 saturated heterocycles. The second-order valence-electron chi connectivity index (χ2n) is 10.2. The molecule has 1 aromatic heterocycles. The number of aromatic nitrogens is 1. The van der Waals surface area contributed by atoms with Crippen molar-refractivity contribution < 1.29 is 13.9 Å². The standard InChI is InChI=1S/C28H27Cl2FN4O2/c1-15(24-20(29)6-7-21(31)25(24)30)37-23-13-17(14-33-26(23)32)16-2-5-19-22(12-16)34-27(36)28(19)8-10-35(11-9-28)18-3-4-18/h2,5-7,12-15,18H,3-4,8-11H2,1H3,(H2,32,33)(H,34,36)/t15-/m1/s1. The number of amides is 1. The van der Waals surface area contributed by atoms with Crippen LogP contribution in [0.4, 0.5) is 15.9 Å². The molecule has 0 bridgehead atoms. The Balaban J connectivity index is 1.27. The average molecular weight is 541 g/mol. The van der Waals surface area contributed by atoms with Gasteiger partial charge in [-0.1, -0.05) is 35.3 Å². The van der Waals surface area contributed by atoms with Crippen molar-refractivity contribution in [3.8, 4) is 16.9 Å². The molecular weight excluding hydrogens is 514 g/mol. The zero-order chi connectivity index (χ0) is 25.9. The molecule has 3 aromatic rings. The first-order chi connectivity index (χ1) is 17.8. The van der Waals surface area contributed by atoms with Crippen molar-refractivity contribution in [1.29, 1.82) is 0 Å². The maximum absolute atomic E-state index is 14.0. The number of hydrogen-bond donors (Lipinski definition) is 2. The van der Waals surface area contributed by atoms with Gasteiger partial charge in [0.15, 0.2) is 11.6 Å². The molecule has 1 amide bonds. The highest BCUT2D eigenvalue weighted by Crippen LogP contribution is 2.47. The molecule has 6 rings (SSSR count). The molecule has 1 saturated carbocycles. The number of fused-ring (bicyclic) bond motifs is 2. The molecule has 2 aromatic carbocycles. The van der Waals surface area contributed by atoms with Crippen LogP contribution in [-0.4, -0.2) is 34.9 Å². The Morgan fingerprint density at radius 1 is 1.16 bits per heavy atom. The number of nitrogens with two attached hydrogens (primary N) is 1. The Kier molecular flexibility index (Phi) is 6.05. The largest absolute Gasteiger partial charge is 0.482 e. The molecule has 2 aliphatic heterocycles. The predicted molar refractivity (Wildman–Crippen MR) is 144 cm³/mol. The maximum atomic E-state index is 14.0. The van der Waals surface area contributed by atoms with Gasteiger partial charge in [0.25, 0.3) is 0 Å². The average Bonchev–Trinajstić information content (AvgIpc) is 3.70. The number of anilines is 2. The van der Waals surface area contributed by atoms with Crippen molar-refractivity contribution in [1.82, 2.24) is 9.88 Å². The lowest BCUT2D eigenvalue weighted by atomic mass is 9.73. The van der Waals surface area contributed by atoms with E-state index >= 15 is 0 Å². The SMILES string of the molecule is C[C@@H](Oc1cc(-c2ccc3c(c2)NC(=O)C32CCN(C3CC3)CC2)cnc1N)c1c(Cl)ccc(F)c1Cl.